The number of carbonyl (C=O) groups is 1. The van der Waals surface area contributed by atoms with E-state index in [4.69, 9.17) is 5.73 Å². The zero-order valence-corrected chi connectivity index (χ0v) is 11.6. The summed E-state index contributed by atoms with van der Waals surface area (Å²) in [5.74, 6) is -0.303. The fourth-order valence-electron chi connectivity index (χ4n) is 1.99. The summed E-state index contributed by atoms with van der Waals surface area (Å²) in [6, 6.07) is 4.63. The normalized spacial score (nSPS) is 10.8. The maximum absolute atomic E-state index is 13.2. The molecule has 3 N–H and O–H groups in total. The van der Waals surface area contributed by atoms with Crippen molar-refractivity contribution in [3.63, 3.8) is 0 Å². The van der Waals surface area contributed by atoms with E-state index >= 15 is 0 Å². The molecule has 106 valence electrons. The van der Waals surface area contributed by atoms with E-state index < -0.39 is 0 Å². The summed E-state index contributed by atoms with van der Waals surface area (Å²) in [7, 11) is 1.62. The van der Waals surface area contributed by atoms with Gasteiger partial charge in [0.15, 0.2) is 0 Å². The summed E-state index contributed by atoms with van der Waals surface area (Å²) < 4.78 is 13.2. The van der Waals surface area contributed by atoms with Crippen molar-refractivity contribution in [3.05, 3.63) is 35.1 Å². The lowest BCUT2D eigenvalue weighted by atomic mass is 10.1. The van der Waals surface area contributed by atoms with Crippen molar-refractivity contribution in [2.45, 2.75) is 26.4 Å². The second kappa shape index (κ2) is 7.86. The number of nitrogens with zero attached hydrogens (tertiary/aromatic N) is 1. The first-order valence-electron chi connectivity index (χ1n) is 6.51. The molecule has 1 aromatic carbocycles. The lowest BCUT2D eigenvalue weighted by molar-refractivity contribution is -0.121. The van der Waals surface area contributed by atoms with Crippen LogP contribution in [0, 0.1) is 5.82 Å². The molecule has 5 heteroatoms. The molecule has 0 saturated carbocycles. The molecule has 0 bridgehead atoms. The molecule has 0 heterocycles. The van der Waals surface area contributed by atoms with Crippen LogP contribution >= 0.6 is 0 Å². The zero-order chi connectivity index (χ0) is 14.3. The number of likely N-dealkylation sites (N-methyl/N-ethyl adjacent to an activating group) is 1. The predicted octanol–water partition coefficient (Wildman–Crippen LogP) is 1.24. The van der Waals surface area contributed by atoms with E-state index in [0.29, 0.717) is 19.6 Å². The number of amides is 1. The molecular weight excluding hydrogens is 245 g/mol. The van der Waals surface area contributed by atoms with Gasteiger partial charge in [-0.25, -0.2) is 4.39 Å². The summed E-state index contributed by atoms with van der Waals surface area (Å²) in [6.07, 6.45) is 0.955. The van der Waals surface area contributed by atoms with Crippen molar-refractivity contribution in [2.75, 3.05) is 20.1 Å². The van der Waals surface area contributed by atoms with Gasteiger partial charge in [-0.1, -0.05) is 13.0 Å². The molecule has 0 aromatic heterocycles. The standard InChI is InChI=1S/C14H22FN3O/c1-3-6-18(10-14(19)17-2)9-11-4-5-13(15)7-12(11)8-16/h4-5,7H,3,6,8-10,16H2,1-2H3,(H,17,19). The Labute approximate surface area is 113 Å². The van der Waals surface area contributed by atoms with Crippen LogP contribution < -0.4 is 11.1 Å². The minimum atomic E-state index is -0.280. The Morgan fingerprint density at radius 2 is 2.16 bits per heavy atom. The molecule has 1 amide bonds. The molecule has 0 saturated heterocycles. The molecule has 0 aliphatic carbocycles. The van der Waals surface area contributed by atoms with Crippen LogP contribution in [0.15, 0.2) is 18.2 Å². The van der Waals surface area contributed by atoms with Gasteiger partial charge >= 0.3 is 0 Å². The van der Waals surface area contributed by atoms with Crippen molar-refractivity contribution in [3.8, 4) is 0 Å². The Kier molecular flexibility index (Phi) is 6.45. The number of hydrogen-bond acceptors (Lipinski definition) is 3. The molecule has 0 fully saturated rings. The smallest absolute Gasteiger partial charge is 0.233 e. The highest BCUT2D eigenvalue weighted by Crippen LogP contribution is 2.13. The summed E-state index contributed by atoms with van der Waals surface area (Å²) in [6.45, 7) is 4.12. The first-order chi connectivity index (χ1) is 9.10. The number of nitrogens with two attached hydrogens (primary N) is 1. The predicted molar refractivity (Wildman–Crippen MR) is 73.9 cm³/mol. The highest BCUT2D eigenvalue weighted by molar-refractivity contribution is 5.77. The maximum atomic E-state index is 13.2. The lowest BCUT2D eigenvalue weighted by Crippen LogP contribution is -2.36. The number of rotatable bonds is 7. The summed E-state index contributed by atoms with van der Waals surface area (Å²) in [5, 5.41) is 2.61. The van der Waals surface area contributed by atoms with Crippen molar-refractivity contribution in [2.24, 2.45) is 5.73 Å². The summed E-state index contributed by atoms with van der Waals surface area (Å²) in [4.78, 5) is 13.5. The molecular formula is C14H22FN3O. The Balaban J connectivity index is 2.80. The maximum Gasteiger partial charge on any atom is 0.233 e. The van der Waals surface area contributed by atoms with Crippen LogP contribution in [0.4, 0.5) is 4.39 Å². The minimum absolute atomic E-state index is 0.0233. The van der Waals surface area contributed by atoms with E-state index in [2.05, 4.69) is 12.2 Å². The van der Waals surface area contributed by atoms with E-state index in [1.54, 1.807) is 13.1 Å². The number of benzene rings is 1. The molecule has 0 aliphatic heterocycles. The summed E-state index contributed by atoms with van der Waals surface area (Å²) >= 11 is 0. The quantitative estimate of drug-likeness (QED) is 0.781. The Morgan fingerprint density at radius 3 is 2.74 bits per heavy atom. The second-order valence-electron chi connectivity index (χ2n) is 4.50. The third-order valence-corrected chi connectivity index (χ3v) is 2.97. The van der Waals surface area contributed by atoms with E-state index in [9.17, 15) is 9.18 Å². The molecule has 19 heavy (non-hydrogen) atoms. The molecule has 0 atom stereocenters. The third-order valence-electron chi connectivity index (χ3n) is 2.97. The van der Waals surface area contributed by atoms with Crippen LogP contribution in [0.3, 0.4) is 0 Å². The van der Waals surface area contributed by atoms with Crippen molar-refractivity contribution >= 4 is 5.91 Å². The van der Waals surface area contributed by atoms with Crippen LogP contribution in [0.5, 0.6) is 0 Å². The molecule has 1 rings (SSSR count). The molecule has 0 radical (unpaired) electrons. The monoisotopic (exact) mass is 267 g/mol. The van der Waals surface area contributed by atoms with Crippen LogP contribution in [-0.2, 0) is 17.9 Å². The van der Waals surface area contributed by atoms with Gasteiger partial charge in [0.2, 0.25) is 5.91 Å². The minimum Gasteiger partial charge on any atom is -0.358 e. The van der Waals surface area contributed by atoms with Gasteiger partial charge in [-0.3, -0.25) is 9.69 Å². The highest BCUT2D eigenvalue weighted by Gasteiger charge is 2.12. The van der Waals surface area contributed by atoms with E-state index in [1.807, 2.05) is 4.90 Å². The van der Waals surface area contributed by atoms with E-state index in [0.717, 1.165) is 24.1 Å². The molecule has 1 aromatic rings. The summed E-state index contributed by atoms with van der Waals surface area (Å²) in [5.41, 5.74) is 7.40. The Morgan fingerprint density at radius 1 is 1.42 bits per heavy atom. The van der Waals surface area contributed by atoms with Gasteiger partial charge in [0.05, 0.1) is 6.54 Å². The Hall–Kier alpha value is -1.46. The molecule has 0 unspecified atom stereocenters. The first-order valence-corrected chi connectivity index (χ1v) is 6.51. The zero-order valence-electron chi connectivity index (χ0n) is 11.6. The highest BCUT2D eigenvalue weighted by atomic mass is 19.1. The van der Waals surface area contributed by atoms with Gasteiger partial charge in [0.25, 0.3) is 0 Å². The van der Waals surface area contributed by atoms with Crippen LogP contribution in [0.2, 0.25) is 0 Å². The second-order valence-corrected chi connectivity index (χ2v) is 4.50. The van der Waals surface area contributed by atoms with Crippen LogP contribution in [0.25, 0.3) is 0 Å². The SMILES string of the molecule is CCCN(CC(=O)NC)Cc1ccc(F)cc1CN. The number of hydrogen-bond donors (Lipinski definition) is 2. The van der Waals surface area contributed by atoms with Gasteiger partial charge in [-0.2, -0.15) is 0 Å². The number of carbonyl (C=O) groups excluding carboxylic acids is 1. The van der Waals surface area contributed by atoms with Crippen LogP contribution in [-0.4, -0.2) is 30.9 Å². The average Bonchev–Trinajstić information content (AvgIpc) is 2.40. The fourth-order valence-corrected chi connectivity index (χ4v) is 1.99. The van der Waals surface area contributed by atoms with Crippen LogP contribution in [0.1, 0.15) is 24.5 Å². The topological polar surface area (TPSA) is 58.4 Å². The van der Waals surface area contributed by atoms with E-state index in [-0.39, 0.29) is 11.7 Å². The first kappa shape index (κ1) is 15.6. The van der Waals surface area contributed by atoms with Gasteiger partial charge in [0.1, 0.15) is 5.82 Å². The largest absolute Gasteiger partial charge is 0.358 e. The third kappa shape index (κ3) is 4.96. The van der Waals surface area contributed by atoms with Gasteiger partial charge in [-0.05, 0) is 36.2 Å². The molecule has 4 nitrogen and oxygen atoms in total. The number of nitrogens with one attached hydrogen (secondary N) is 1. The van der Waals surface area contributed by atoms with Crippen molar-refractivity contribution in [1.82, 2.24) is 10.2 Å². The number of halogens is 1. The molecule has 0 aliphatic rings. The lowest BCUT2D eigenvalue weighted by Gasteiger charge is -2.22. The van der Waals surface area contributed by atoms with Crippen molar-refractivity contribution in [1.29, 1.82) is 0 Å². The molecule has 0 spiro atoms. The van der Waals surface area contributed by atoms with Crippen molar-refractivity contribution < 1.29 is 9.18 Å². The van der Waals surface area contributed by atoms with Gasteiger partial charge < -0.3 is 11.1 Å². The Bertz CT molecular complexity index is 423. The fraction of sp³-hybridized carbons (Fsp3) is 0.500. The van der Waals surface area contributed by atoms with Gasteiger partial charge in [0, 0.05) is 20.1 Å². The van der Waals surface area contributed by atoms with Gasteiger partial charge in [-0.15, -0.1) is 0 Å². The van der Waals surface area contributed by atoms with E-state index in [1.165, 1.54) is 12.1 Å². The average molecular weight is 267 g/mol.